The van der Waals surface area contributed by atoms with Gasteiger partial charge in [0.25, 0.3) is 0 Å². The Morgan fingerprint density at radius 1 is 1.33 bits per heavy atom. The van der Waals surface area contributed by atoms with Crippen molar-refractivity contribution in [2.24, 2.45) is 0 Å². The molecule has 0 rings (SSSR count). The van der Waals surface area contributed by atoms with Crippen LogP contribution in [0.15, 0.2) is 0 Å². The van der Waals surface area contributed by atoms with E-state index < -0.39 is 10.7 Å². The second kappa shape index (κ2) is 9.52. The third-order valence-corrected chi connectivity index (χ3v) is 0. The average Bonchev–Trinajstić information content (AvgIpc) is 0.811. The van der Waals surface area contributed by atoms with Gasteiger partial charge in [-0.25, -0.2) is 0 Å². The molecule has 0 heterocycles. The van der Waals surface area contributed by atoms with Crippen molar-refractivity contribution < 1.29 is 48.0 Å². The predicted molar refractivity (Wildman–Crippen MR) is 14.7 cm³/mol. The average molecular weight is 314 g/mol. The Bertz CT molecular complexity index is 61.9. The monoisotopic (exact) mass is 314 g/mol. The molecule has 0 unspecified atom stereocenters. The van der Waals surface area contributed by atoms with Gasteiger partial charge in [-0.2, -0.15) is 0 Å². The molecule has 0 atom stereocenters. The number of hydrogen-bond donors (Lipinski definition) is 0. The molecule has 0 bridgehead atoms. The second-order valence-corrected chi connectivity index (χ2v) is 1.20. The predicted octanol–water partition coefficient (Wildman–Crippen LogP) is -0.0795. The van der Waals surface area contributed by atoms with Crippen LogP contribution in [0.4, 0.5) is 0 Å². The minimum atomic E-state index is -1.86. The summed E-state index contributed by atoms with van der Waals surface area (Å²) in [6.45, 7) is 0. The van der Waals surface area contributed by atoms with Gasteiger partial charge in [0.2, 0.25) is 0 Å². The largest absolute Gasteiger partial charge is 0.424 e. The summed E-state index contributed by atoms with van der Waals surface area (Å²) in [7, 11) is -1.86. The van der Waals surface area contributed by atoms with Gasteiger partial charge in [0.1, 0.15) is 0 Å². The molecule has 0 aliphatic heterocycles. The van der Waals surface area contributed by atoms with Crippen molar-refractivity contribution in [1.82, 2.24) is 0 Å². The maximum absolute atomic E-state index is 9.00. The van der Waals surface area contributed by atoms with Crippen LogP contribution in [0.25, 0.3) is 0 Å². The fourth-order valence-electron chi connectivity index (χ4n) is 0. The van der Waals surface area contributed by atoms with Crippen LogP contribution in [-0.2, 0) is 58.7 Å². The van der Waals surface area contributed by atoms with E-state index >= 15 is 0 Å². The zero-order chi connectivity index (χ0) is 3.58. The van der Waals surface area contributed by atoms with E-state index in [1.807, 2.05) is 0 Å². The molecule has 37 valence electrons. The van der Waals surface area contributed by atoms with Crippen LogP contribution in [0.2, 0.25) is 0 Å². The van der Waals surface area contributed by atoms with E-state index in [-0.39, 0.29) is 39.6 Å². The fraction of sp³-hybridized carbons (Fsp3) is 1.00. The minimum absolute atomic E-state index is 0. The zero-order valence-electron chi connectivity index (χ0n) is 3.08. The van der Waals surface area contributed by atoms with Crippen LogP contribution in [-0.4, -0.2) is 6.26 Å². The molecule has 0 aromatic rings. The molecule has 0 aromatic carbocycles. The zero-order valence-corrected chi connectivity index (χ0v) is 8.23. The second-order valence-electron chi connectivity index (χ2n) is 0.401. The van der Waals surface area contributed by atoms with E-state index in [4.69, 9.17) is 8.42 Å². The van der Waals surface area contributed by atoms with Gasteiger partial charge < -0.3 is 8.42 Å². The van der Waals surface area contributed by atoms with Crippen molar-refractivity contribution in [1.29, 1.82) is 0 Å². The van der Waals surface area contributed by atoms with Crippen LogP contribution in [0.1, 0.15) is 0 Å². The Kier molecular flexibility index (Phi) is 24.9. The molecule has 0 fully saturated rings. The molecule has 6 heavy (non-hydrogen) atoms. The van der Waals surface area contributed by atoms with Gasteiger partial charge >= 0.3 is 0 Å². The summed E-state index contributed by atoms with van der Waals surface area (Å²) in [6, 6.07) is 0. The first-order valence-corrected chi connectivity index (χ1v) is 2.22. The molecular weight excluding hydrogens is 311 g/mol. The summed E-state index contributed by atoms with van der Waals surface area (Å²) in [6.07, 6.45) is 1.08. The molecule has 2 nitrogen and oxygen atoms in total. The van der Waals surface area contributed by atoms with Gasteiger partial charge in [0.15, 0.2) is 0 Å². The van der Waals surface area contributed by atoms with E-state index in [0.717, 1.165) is 6.26 Å². The number of rotatable bonds is 0. The molecule has 0 N–H and O–H groups in total. The summed E-state index contributed by atoms with van der Waals surface area (Å²) in [5, 5.41) is 0. The molecule has 0 aliphatic carbocycles. The first-order valence-electron chi connectivity index (χ1n) is 0.742. The topological polar surface area (TPSA) is 34.1 Å². The maximum atomic E-state index is 9.00. The Morgan fingerprint density at radius 2 is 1.33 bits per heavy atom. The van der Waals surface area contributed by atoms with E-state index in [1.54, 1.807) is 0 Å². The van der Waals surface area contributed by atoms with E-state index in [1.165, 1.54) is 0 Å². The van der Waals surface area contributed by atoms with E-state index in [9.17, 15) is 0 Å². The Hall–Kier alpha value is 1.22. The third-order valence-electron chi connectivity index (χ3n) is 0. The summed E-state index contributed by atoms with van der Waals surface area (Å²) in [5.74, 6) is 0. The van der Waals surface area contributed by atoms with Crippen molar-refractivity contribution in [3.8, 4) is 0 Å². The number of hydrogen-bond acceptors (Lipinski definition) is 3. The van der Waals surface area contributed by atoms with Crippen LogP contribution in [0.5, 0.6) is 0 Å². The van der Waals surface area contributed by atoms with E-state index in [0.29, 0.717) is 0 Å². The Morgan fingerprint density at radius 3 is 1.33 bits per heavy atom. The summed E-state index contributed by atoms with van der Waals surface area (Å²) in [5.41, 5.74) is 0. The molecule has 0 saturated carbocycles. The first kappa shape index (κ1) is 15.7. The molecule has 0 amide bonds. The Balaban J connectivity index is -0.0000000450. The molecular formula is CH3O2SVW-. The summed E-state index contributed by atoms with van der Waals surface area (Å²) < 4.78 is 18.0. The van der Waals surface area contributed by atoms with Crippen molar-refractivity contribution in [3.63, 3.8) is 0 Å². The van der Waals surface area contributed by atoms with Crippen molar-refractivity contribution >= 4 is 10.7 Å². The van der Waals surface area contributed by atoms with Gasteiger partial charge in [0.05, 0.1) is 0 Å². The van der Waals surface area contributed by atoms with Gasteiger partial charge in [0, 0.05) is 39.6 Å². The van der Waals surface area contributed by atoms with Gasteiger partial charge in [-0.1, -0.05) is 17.0 Å². The third kappa shape index (κ3) is 62.3. The van der Waals surface area contributed by atoms with Crippen molar-refractivity contribution in [2.45, 2.75) is 0 Å². The fourth-order valence-corrected chi connectivity index (χ4v) is 0. The molecule has 0 saturated heterocycles. The smallest absolute Gasteiger partial charge is 0 e. The van der Waals surface area contributed by atoms with Crippen LogP contribution < -0.4 is 0 Å². The van der Waals surface area contributed by atoms with E-state index in [2.05, 4.69) is 0 Å². The molecule has 0 aromatic heterocycles. The Labute approximate surface area is 64.8 Å². The molecule has 5 heteroatoms. The molecule has 1 radical (unpaired) electrons. The molecule has 0 spiro atoms. The summed E-state index contributed by atoms with van der Waals surface area (Å²) in [4.78, 5) is 0. The molecule has 0 aliphatic rings. The summed E-state index contributed by atoms with van der Waals surface area (Å²) >= 11 is 0. The normalized spacial score (nSPS) is 5.67. The first-order chi connectivity index (χ1) is 1.73. The van der Waals surface area contributed by atoms with Gasteiger partial charge in [-0.05, 0) is 0 Å². The van der Waals surface area contributed by atoms with Crippen LogP contribution in [0, 0.1) is 0 Å². The van der Waals surface area contributed by atoms with Crippen molar-refractivity contribution in [2.75, 3.05) is 6.26 Å². The minimum Gasteiger partial charge on any atom is -0.424 e. The SMILES string of the molecule is C[S-](=O)=O.[V].[W]. The maximum Gasteiger partial charge on any atom is 0 e. The quantitative estimate of drug-likeness (QED) is 0.586. The van der Waals surface area contributed by atoms with Gasteiger partial charge in [-0.15, -0.1) is 0 Å². The van der Waals surface area contributed by atoms with Crippen LogP contribution >= 0.6 is 0 Å². The standard InChI is InChI=1S/CH3O2S.V.W/c1-4(2)3;;/h1H3;;/q-1;;. The van der Waals surface area contributed by atoms with Crippen LogP contribution in [0.3, 0.4) is 0 Å². The van der Waals surface area contributed by atoms with Gasteiger partial charge in [-0.3, -0.25) is 0 Å². The van der Waals surface area contributed by atoms with Crippen molar-refractivity contribution in [3.05, 3.63) is 0 Å².